The predicted octanol–water partition coefficient (Wildman–Crippen LogP) is 4.79. The Labute approximate surface area is 205 Å². The third kappa shape index (κ3) is 5.08. The Balaban J connectivity index is 1.67. The molecule has 0 radical (unpaired) electrons. The molecule has 1 atom stereocenters. The van der Waals surface area contributed by atoms with Crippen LogP contribution in [0.15, 0.2) is 71.2 Å². The van der Waals surface area contributed by atoms with Gasteiger partial charge in [0, 0.05) is 31.3 Å². The summed E-state index contributed by atoms with van der Waals surface area (Å²) in [5.74, 6) is 0.234. The number of hydrogen-bond donors (Lipinski definition) is 1. The Morgan fingerprint density at radius 2 is 1.83 bits per heavy atom. The maximum absolute atomic E-state index is 13.4. The number of carbonyl (C=O) groups is 1. The van der Waals surface area contributed by atoms with Gasteiger partial charge in [-0.25, -0.2) is 4.39 Å². The fourth-order valence-electron chi connectivity index (χ4n) is 4.85. The van der Waals surface area contributed by atoms with E-state index in [1.807, 2.05) is 29.2 Å². The molecule has 4 rings (SSSR count). The van der Waals surface area contributed by atoms with Gasteiger partial charge < -0.3 is 20.1 Å². The van der Waals surface area contributed by atoms with Crippen molar-refractivity contribution in [3.8, 4) is 11.8 Å². The highest BCUT2D eigenvalue weighted by Gasteiger charge is 2.44. The van der Waals surface area contributed by atoms with Crippen LogP contribution in [-0.4, -0.2) is 30.9 Å². The number of ketones is 1. The van der Waals surface area contributed by atoms with Crippen molar-refractivity contribution in [3.05, 3.63) is 88.1 Å². The average Bonchev–Trinajstić information content (AvgIpc) is 2.82. The number of nitrogens with two attached hydrogens (primary N) is 1. The fourth-order valence-corrected chi connectivity index (χ4v) is 4.85. The van der Waals surface area contributed by atoms with Gasteiger partial charge in [-0.3, -0.25) is 4.79 Å². The number of benzene rings is 2. The lowest BCUT2D eigenvalue weighted by Gasteiger charge is -2.43. The second-order valence-corrected chi connectivity index (χ2v) is 9.77. The van der Waals surface area contributed by atoms with Crippen LogP contribution < -0.4 is 10.5 Å². The van der Waals surface area contributed by atoms with Crippen molar-refractivity contribution in [1.29, 1.82) is 5.26 Å². The standard InChI is InChI=1S/C28H30FN3O3/c1-28(2)14-23-26(24(33)15-28)25(22(16-30)27(31)32(23)12-13-34-3)19-6-10-21(11-7-19)35-17-18-4-8-20(29)9-5-18/h4-11,25H,12-15,17,31H2,1-3H3/t25-/m1/s1. The van der Waals surface area contributed by atoms with Gasteiger partial charge in [-0.05, 0) is 47.2 Å². The van der Waals surface area contributed by atoms with Gasteiger partial charge in [0.1, 0.15) is 24.0 Å². The molecular weight excluding hydrogens is 445 g/mol. The van der Waals surface area contributed by atoms with Crippen molar-refractivity contribution in [3.63, 3.8) is 0 Å². The second-order valence-electron chi connectivity index (χ2n) is 9.77. The summed E-state index contributed by atoms with van der Waals surface area (Å²) in [6.45, 7) is 5.35. The summed E-state index contributed by atoms with van der Waals surface area (Å²) in [6, 6.07) is 15.8. The molecule has 35 heavy (non-hydrogen) atoms. The van der Waals surface area contributed by atoms with E-state index in [9.17, 15) is 14.4 Å². The number of nitrogens with zero attached hydrogens (tertiary/aromatic N) is 2. The summed E-state index contributed by atoms with van der Waals surface area (Å²) >= 11 is 0. The molecule has 2 aromatic rings. The van der Waals surface area contributed by atoms with E-state index < -0.39 is 5.92 Å². The van der Waals surface area contributed by atoms with Gasteiger partial charge in [-0.1, -0.05) is 38.1 Å². The third-order valence-electron chi connectivity index (χ3n) is 6.54. The van der Waals surface area contributed by atoms with Crippen LogP contribution in [0.25, 0.3) is 0 Å². The molecule has 1 aliphatic carbocycles. The van der Waals surface area contributed by atoms with Gasteiger partial charge in [-0.2, -0.15) is 5.26 Å². The zero-order chi connectivity index (χ0) is 25.2. The van der Waals surface area contributed by atoms with Gasteiger partial charge in [0.25, 0.3) is 0 Å². The molecule has 0 aromatic heterocycles. The molecule has 0 unspecified atom stereocenters. The quantitative estimate of drug-likeness (QED) is 0.620. The third-order valence-corrected chi connectivity index (χ3v) is 6.54. The minimum Gasteiger partial charge on any atom is -0.489 e. The molecule has 2 aliphatic rings. The van der Waals surface area contributed by atoms with Crippen LogP contribution in [0.3, 0.4) is 0 Å². The Bertz CT molecular complexity index is 1210. The summed E-state index contributed by atoms with van der Waals surface area (Å²) in [6.07, 6.45) is 1.10. The van der Waals surface area contributed by atoms with Crippen LogP contribution >= 0.6 is 0 Å². The number of Topliss-reactive ketones (excluding diaryl/α,β-unsaturated/α-hetero) is 1. The Kier molecular flexibility index (Phi) is 6.95. The smallest absolute Gasteiger partial charge is 0.162 e. The van der Waals surface area contributed by atoms with Crippen LogP contribution in [0.2, 0.25) is 0 Å². The predicted molar refractivity (Wildman–Crippen MR) is 130 cm³/mol. The molecule has 0 amide bonds. The minimum atomic E-state index is -0.524. The minimum absolute atomic E-state index is 0.0422. The Hall–Kier alpha value is -3.63. The number of carbonyl (C=O) groups excluding carboxylic acids is 1. The van der Waals surface area contributed by atoms with Gasteiger partial charge in [0.15, 0.2) is 5.78 Å². The van der Waals surface area contributed by atoms with Gasteiger partial charge in [-0.15, -0.1) is 0 Å². The molecule has 7 heteroatoms. The van der Waals surface area contributed by atoms with E-state index >= 15 is 0 Å². The van der Waals surface area contributed by atoms with E-state index in [-0.39, 0.29) is 17.0 Å². The molecule has 182 valence electrons. The molecular formula is C28H30FN3O3. The number of hydrogen-bond acceptors (Lipinski definition) is 6. The van der Waals surface area contributed by atoms with Crippen molar-refractivity contribution < 1.29 is 18.7 Å². The van der Waals surface area contributed by atoms with Crippen LogP contribution in [0.1, 0.15) is 43.7 Å². The number of ether oxygens (including phenoxy) is 2. The molecule has 0 fully saturated rings. The molecule has 1 aliphatic heterocycles. The molecule has 2 aromatic carbocycles. The molecule has 2 N–H and O–H groups in total. The number of methoxy groups -OCH3 is 1. The van der Waals surface area contributed by atoms with Crippen molar-refractivity contribution in [2.24, 2.45) is 11.1 Å². The molecule has 0 bridgehead atoms. The topological polar surface area (TPSA) is 88.6 Å². The van der Waals surface area contributed by atoms with Crippen LogP contribution in [0.5, 0.6) is 5.75 Å². The highest BCUT2D eigenvalue weighted by molar-refractivity contribution is 6.00. The molecule has 0 saturated heterocycles. The zero-order valence-electron chi connectivity index (χ0n) is 20.3. The normalized spacial score (nSPS) is 19.5. The first-order valence-corrected chi connectivity index (χ1v) is 11.6. The van der Waals surface area contributed by atoms with E-state index in [0.29, 0.717) is 55.3 Å². The van der Waals surface area contributed by atoms with E-state index in [0.717, 1.165) is 16.8 Å². The van der Waals surface area contributed by atoms with E-state index in [4.69, 9.17) is 15.2 Å². The first-order valence-electron chi connectivity index (χ1n) is 11.6. The van der Waals surface area contributed by atoms with E-state index in [1.54, 1.807) is 19.2 Å². The van der Waals surface area contributed by atoms with Gasteiger partial charge in [0.05, 0.1) is 24.2 Å². The Morgan fingerprint density at radius 3 is 2.46 bits per heavy atom. The largest absolute Gasteiger partial charge is 0.489 e. The molecule has 1 heterocycles. The zero-order valence-corrected chi connectivity index (χ0v) is 20.3. The lowest BCUT2D eigenvalue weighted by Crippen LogP contribution is -2.43. The SMILES string of the molecule is COCCN1C(N)=C(C#N)[C@@H](c2ccc(OCc3ccc(F)cc3)cc2)C2=C1CC(C)(C)CC2=O. The summed E-state index contributed by atoms with van der Waals surface area (Å²) in [4.78, 5) is 15.3. The fraction of sp³-hybridized carbons (Fsp3) is 0.357. The summed E-state index contributed by atoms with van der Waals surface area (Å²) in [7, 11) is 1.61. The first kappa shape index (κ1) is 24.5. The molecule has 0 spiro atoms. The van der Waals surface area contributed by atoms with Crippen molar-refractivity contribution in [2.75, 3.05) is 20.3 Å². The highest BCUT2D eigenvalue weighted by atomic mass is 19.1. The first-order chi connectivity index (χ1) is 16.7. The number of allylic oxidation sites excluding steroid dienone is 3. The maximum atomic E-state index is 13.4. The highest BCUT2D eigenvalue weighted by Crippen LogP contribution is 2.49. The monoisotopic (exact) mass is 475 g/mol. The average molecular weight is 476 g/mol. The lowest BCUT2D eigenvalue weighted by molar-refractivity contribution is -0.118. The van der Waals surface area contributed by atoms with Gasteiger partial charge >= 0.3 is 0 Å². The second kappa shape index (κ2) is 9.93. The van der Waals surface area contributed by atoms with Crippen LogP contribution in [0, 0.1) is 22.6 Å². The number of rotatable bonds is 7. The van der Waals surface area contributed by atoms with Crippen molar-refractivity contribution in [1.82, 2.24) is 4.90 Å². The van der Waals surface area contributed by atoms with Gasteiger partial charge in [0.2, 0.25) is 0 Å². The van der Waals surface area contributed by atoms with Crippen molar-refractivity contribution in [2.45, 2.75) is 39.2 Å². The van der Waals surface area contributed by atoms with Crippen molar-refractivity contribution >= 4 is 5.78 Å². The van der Waals surface area contributed by atoms with E-state index in [2.05, 4.69) is 19.9 Å². The van der Waals surface area contributed by atoms with Crippen LogP contribution in [-0.2, 0) is 16.1 Å². The summed E-state index contributed by atoms with van der Waals surface area (Å²) in [5, 5.41) is 10.1. The molecule has 6 nitrogen and oxygen atoms in total. The van der Waals surface area contributed by atoms with Crippen LogP contribution in [0.4, 0.5) is 4.39 Å². The Morgan fingerprint density at radius 1 is 1.14 bits per heavy atom. The molecule has 0 saturated carbocycles. The lowest BCUT2D eigenvalue weighted by atomic mass is 9.68. The number of nitriles is 1. The summed E-state index contributed by atoms with van der Waals surface area (Å²) in [5.41, 5.74) is 9.88. The maximum Gasteiger partial charge on any atom is 0.162 e. The summed E-state index contributed by atoms with van der Waals surface area (Å²) < 4.78 is 24.2. The van der Waals surface area contributed by atoms with E-state index in [1.165, 1.54) is 12.1 Å². The number of halogens is 1.